The van der Waals surface area contributed by atoms with Crippen LogP contribution in [0.5, 0.6) is 0 Å². The van der Waals surface area contributed by atoms with E-state index in [1.165, 1.54) is 6.20 Å². The summed E-state index contributed by atoms with van der Waals surface area (Å²) < 4.78 is 0. The van der Waals surface area contributed by atoms with Crippen LogP contribution >= 0.6 is 11.6 Å². The third-order valence-electron chi connectivity index (χ3n) is 3.64. The first kappa shape index (κ1) is 14.5. The maximum Gasteiger partial charge on any atom is 0.365 e. The number of carbonyl (C=O) groups excluding carboxylic acids is 1. The summed E-state index contributed by atoms with van der Waals surface area (Å²) >= 11 is 6.02. The highest BCUT2D eigenvalue weighted by Crippen LogP contribution is 2.23. The highest BCUT2D eigenvalue weighted by atomic mass is 35.5. The van der Waals surface area contributed by atoms with Gasteiger partial charge in [0.15, 0.2) is 0 Å². The second kappa shape index (κ2) is 5.50. The number of aromatic amines is 1. The van der Waals surface area contributed by atoms with Crippen molar-refractivity contribution in [2.75, 3.05) is 0 Å². The van der Waals surface area contributed by atoms with E-state index in [1.807, 2.05) is 0 Å². The number of carbonyl (C=O) groups is 1. The Hall–Kier alpha value is -3.12. The molecule has 0 fully saturated rings. The van der Waals surface area contributed by atoms with Crippen molar-refractivity contribution in [1.82, 2.24) is 14.9 Å². The van der Waals surface area contributed by atoms with Gasteiger partial charge in [-0.25, -0.2) is 4.79 Å². The molecule has 0 atom stereocenters. The maximum atomic E-state index is 12.4. The Kier molecular flexibility index (Phi) is 3.32. The van der Waals surface area contributed by atoms with Crippen LogP contribution in [0, 0.1) is 0 Å². The molecule has 0 spiro atoms. The van der Waals surface area contributed by atoms with E-state index in [1.54, 1.807) is 48.5 Å². The molecule has 4 aromatic rings. The molecule has 0 saturated heterocycles. The lowest BCUT2D eigenvalue weighted by molar-refractivity contribution is 0.0380. The molecule has 7 heteroatoms. The van der Waals surface area contributed by atoms with Gasteiger partial charge in [-0.15, -0.1) is 0 Å². The van der Waals surface area contributed by atoms with Gasteiger partial charge in [-0.1, -0.05) is 34.6 Å². The van der Waals surface area contributed by atoms with Gasteiger partial charge >= 0.3 is 11.5 Å². The van der Waals surface area contributed by atoms with Crippen LogP contribution < -0.4 is 10.4 Å². The van der Waals surface area contributed by atoms with E-state index >= 15 is 0 Å². The van der Waals surface area contributed by atoms with Crippen LogP contribution in [0.2, 0.25) is 5.02 Å². The van der Waals surface area contributed by atoms with Crippen molar-refractivity contribution >= 4 is 39.4 Å². The zero-order valence-corrected chi connectivity index (χ0v) is 12.9. The fourth-order valence-corrected chi connectivity index (χ4v) is 2.66. The standard InChI is InChI=1S/C17H10ClN3O3/c18-11-6-7-14-12(8-11)15-13(9-19-14)16(22)21(20-15)24-17(23)10-4-2-1-3-5-10/h1-9,20H. The fourth-order valence-electron chi connectivity index (χ4n) is 2.48. The number of H-pyrrole nitrogens is 1. The van der Waals surface area contributed by atoms with Crippen molar-refractivity contribution < 1.29 is 9.63 Å². The second-order valence-electron chi connectivity index (χ2n) is 5.16. The van der Waals surface area contributed by atoms with Gasteiger partial charge < -0.3 is 4.84 Å². The number of hydrogen-bond acceptors (Lipinski definition) is 4. The highest BCUT2D eigenvalue weighted by molar-refractivity contribution is 6.31. The average Bonchev–Trinajstić information content (AvgIpc) is 2.92. The molecular formula is C17H10ClN3O3. The van der Waals surface area contributed by atoms with Crippen LogP contribution in [0.25, 0.3) is 21.8 Å². The predicted molar refractivity (Wildman–Crippen MR) is 90.2 cm³/mol. The third-order valence-corrected chi connectivity index (χ3v) is 3.88. The normalized spacial score (nSPS) is 11.0. The topological polar surface area (TPSA) is 77.0 Å². The Balaban J connectivity index is 1.84. The minimum absolute atomic E-state index is 0.311. The average molecular weight is 340 g/mol. The van der Waals surface area contributed by atoms with Crippen molar-refractivity contribution in [3.8, 4) is 0 Å². The molecule has 2 aromatic heterocycles. The van der Waals surface area contributed by atoms with Crippen molar-refractivity contribution in [3.63, 3.8) is 0 Å². The molecular weight excluding hydrogens is 330 g/mol. The van der Waals surface area contributed by atoms with Gasteiger partial charge in [-0.05, 0) is 30.3 Å². The molecule has 4 rings (SSSR count). The summed E-state index contributed by atoms with van der Waals surface area (Å²) in [5, 5.41) is 4.30. The van der Waals surface area contributed by atoms with E-state index in [-0.39, 0.29) is 0 Å². The molecule has 0 radical (unpaired) electrons. The van der Waals surface area contributed by atoms with Crippen molar-refractivity contribution in [3.05, 3.63) is 75.7 Å². The number of fused-ring (bicyclic) bond motifs is 3. The number of aromatic nitrogens is 3. The van der Waals surface area contributed by atoms with Crippen LogP contribution in [0.1, 0.15) is 10.4 Å². The smallest absolute Gasteiger partial charge is 0.312 e. The lowest BCUT2D eigenvalue weighted by Crippen LogP contribution is -2.29. The molecule has 0 aliphatic rings. The van der Waals surface area contributed by atoms with Gasteiger partial charge in [-0.3, -0.25) is 14.9 Å². The number of hydrogen-bond donors (Lipinski definition) is 1. The van der Waals surface area contributed by atoms with E-state index in [9.17, 15) is 9.59 Å². The first-order valence-corrected chi connectivity index (χ1v) is 7.48. The number of nitrogens with one attached hydrogen (secondary N) is 1. The Morgan fingerprint density at radius 1 is 1.12 bits per heavy atom. The molecule has 2 aromatic carbocycles. The number of benzene rings is 2. The van der Waals surface area contributed by atoms with Crippen molar-refractivity contribution in [2.45, 2.75) is 0 Å². The quantitative estimate of drug-likeness (QED) is 0.609. The Morgan fingerprint density at radius 3 is 2.71 bits per heavy atom. The minimum atomic E-state index is -0.639. The monoisotopic (exact) mass is 339 g/mol. The maximum absolute atomic E-state index is 12.4. The van der Waals surface area contributed by atoms with Crippen LogP contribution in [0.3, 0.4) is 0 Å². The molecule has 0 amide bonds. The predicted octanol–water partition coefficient (Wildman–Crippen LogP) is 2.80. The Bertz CT molecular complexity index is 1130. The zero-order chi connectivity index (χ0) is 16.7. The summed E-state index contributed by atoms with van der Waals surface area (Å²) in [5.41, 5.74) is 1.03. The number of nitrogens with zero attached hydrogens (tertiary/aromatic N) is 2. The largest absolute Gasteiger partial charge is 0.365 e. The Morgan fingerprint density at radius 2 is 1.92 bits per heavy atom. The molecule has 2 heterocycles. The third kappa shape index (κ3) is 2.33. The minimum Gasteiger partial charge on any atom is -0.312 e. The summed E-state index contributed by atoms with van der Waals surface area (Å²) in [7, 11) is 0. The van der Waals surface area contributed by atoms with Gasteiger partial charge in [0.25, 0.3) is 0 Å². The molecule has 0 aliphatic heterocycles. The first-order chi connectivity index (χ1) is 11.6. The van der Waals surface area contributed by atoms with Crippen LogP contribution in [0.4, 0.5) is 0 Å². The molecule has 0 aliphatic carbocycles. The fraction of sp³-hybridized carbons (Fsp3) is 0. The molecule has 24 heavy (non-hydrogen) atoms. The van der Waals surface area contributed by atoms with E-state index in [0.717, 1.165) is 4.85 Å². The molecule has 0 bridgehead atoms. The summed E-state index contributed by atoms with van der Waals surface area (Å²) in [6, 6.07) is 13.6. The van der Waals surface area contributed by atoms with Gasteiger partial charge in [0.1, 0.15) is 0 Å². The molecule has 118 valence electrons. The molecule has 1 N–H and O–H groups in total. The number of rotatable bonds is 2. The highest BCUT2D eigenvalue weighted by Gasteiger charge is 2.15. The van der Waals surface area contributed by atoms with Gasteiger partial charge in [-0.2, -0.15) is 0 Å². The van der Waals surface area contributed by atoms with Gasteiger partial charge in [0.2, 0.25) is 0 Å². The van der Waals surface area contributed by atoms with Crippen LogP contribution in [0.15, 0.2) is 59.5 Å². The SMILES string of the molecule is O=C(On1[nH]c2c(cnc3ccc(Cl)cc32)c1=O)c1ccccc1. The summed E-state index contributed by atoms with van der Waals surface area (Å²) in [6.45, 7) is 0. The summed E-state index contributed by atoms with van der Waals surface area (Å²) in [6.07, 6.45) is 1.44. The number of halogens is 1. The van der Waals surface area contributed by atoms with E-state index in [4.69, 9.17) is 16.4 Å². The van der Waals surface area contributed by atoms with Gasteiger partial charge in [0, 0.05) is 16.6 Å². The molecule has 6 nitrogen and oxygen atoms in total. The molecule has 0 saturated carbocycles. The lowest BCUT2D eigenvalue weighted by atomic mass is 10.2. The second-order valence-corrected chi connectivity index (χ2v) is 5.60. The van der Waals surface area contributed by atoms with Crippen molar-refractivity contribution in [1.29, 1.82) is 0 Å². The Labute approximate surface area is 140 Å². The lowest BCUT2D eigenvalue weighted by Gasteiger charge is -2.02. The zero-order valence-electron chi connectivity index (χ0n) is 12.2. The van der Waals surface area contributed by atoms with E-state index in [0.29, 0.717) is 32.4 Å². The van der Waals surface area contributed by atoms with Crippen molar-refractivity contribution in [2.24, 2.45) is 0 Å². The van der Waals surface area contributed by atoms with Crippen LogP contribution in [-0.2, 0) is 0 Å². The summed E-state index contributed by atoms with van der Waals surface area (Å²) in [5.74, 6) is -0.639. The van der Waals surface area contributed by atoms with E-state index in [2.05, 4.69) is 10.1 Å². The molecule has 0 unspecified atom stereocenters. The van der Waals surface area contributed by atoms with Crippen LogP contribution in [-0.4, -0.2) is 20.9 Å². The number of pyridine rings is 1. The van der Waals surface area contributed by atoms with E-state index < -0.39 is 11.5 Å². The summed E-state index contributed by atoms with van der Waals surface area (Å²) in [4.78, 5) is 34.7. The van der Waals surface area contributed by atoms with Gasteiger partial charge in [0.05, 0.1) is 22.0 Å². The first-order valence-electron chi connectivity index (χ1n) is 7.10.